The van der Waals surface area contributed by atoms with Crippen molar-refractivity contribution in [2.45, 2.75) is 20.4 Å². The highest BCUT2D eigenvalue weighted by Crippen LogP contribution is 2.24. The molecule has 0 spiro atoms. The zero-order valence-electron chi connectivity index (χ0n) is 16.3. The monoisotopic (exact) mass is 381 g/mol. The molecule has 0 aliphatic heterocycles. The van der Waals surface area contributed by atoms with Crippen LogP contribution in [0.25, 0.3) is 10.9 Å². The smallest absolute Gasteiger partial charge is 0.279 e. The fourth-order valence-corrected chi connectivity index (χ4v) is 3.11. The van der Waals surface area contributed by atoms with Crippen LogP contribution in [-0.4, -0.2) is 36.1 Å². The number of amides is 1. The summed E-state index contributed by atoms with van der Waals surface area (Å²) < 4.78 is 5.31. The number of fused-ring (bicyclic) bond motifs is 1. The van der Waals surface area contributed by atoms with Gasteiger partial charge in [-0.3, -0.25) is 9.59 Å². The highest BCUT2D eigenvalue weighted by Gasteiger charge is 2.17. The van der Waals surface area contributed by atoms with E-state index in [2.05, 4.69) is 15.3 Å². The standard InChI is InChI=1S/C21H24N4O3/c1-4-25(12-19-22-16-8-6-5-7-15(16)21(27)24-19)13-20(26)23-17-11-14(2)9-10-18(17)28-3/h5-11H,4,12-13H2,1-3H3,(H,23,26)(H,22,24,27)/p+1. The molecule has 0 radical (unpaired) electrons. The van der Waals surface area contributed by atoms with Gasteiger partial charge in [-0.15, -0.1) is 0 Å². The summed E-state index contributed by atoms with van der Waals surface area (Å²) in [6, 6.07) is 12.9. The molecule has 0 saturated carbocycles. The molecule has 146 valence electrons. The Balaban J connectivity index is 1.72. The molecule has 0 saturated heterocycles. The lowest BCUT2D eigenvalue weighted by Crippen LogP contribution is -3.11. The quantitative estimate of drug-likeness (QED) is 0.575. The molecule has 1 atom stereocenters. The second kappa shape index (κ2) is 8.67. The lowest BCUT2D eigenvalue weighted by molar-refractivity contribution is -0.904. The summed E-state index contributed by atoms with van der Waals surface area (Å²) >= 11 is 0. The van der Waals surface area contributed by atoms with E-state index in [0.29, 0.717) is 34.7 Å². The van der Waals surface area contributed by atoms with E-state index in [1.165, 1.54) is 0 Å². The van der Waals surface area contributed by atoms with Crippen LogP contribution in [0.3, 0.4) is 0 Å². The van der Waals surface area contributed by atoms with Crippen molar-refractivity contribution in [2.75, 3.05) is 25.5 Å². The number of carbonyl (C=O) groups excluding carboxylic acids is 1. The summed E-state index contributed by atoms with van der Waals surface area (Å²) in [6.07, 6.45) is 0. The Hall–Kier alpha value is -3.19. The van der Waals surface area contributed by atoms with Gasteiger partial charge in [-0.2, -0.15) is 0 Å². The average molecular weight is 381 g/mol. The number of nitrogens with zero attached hydrogens (tertiary/aromatic N) is 1. The number of nitrogens with one attached hydrogen (secondary N) is 3. The first-order chi connectivity index (χ1) is 13.5. The number of aryl methyl sites for hydroxylation is 1. The van der Waals surface area contributed by atoms with Gasteiger partial charge in [-0.25, -0.2) is 4.98 Å². The second-order valence-electron chi connectivity index (χ2n) is 6.74. The maximum absolute atomic E-state index is 12.6. The molecule has 7 heteroatoms. The molecule has 1 aromatic heterocycles. The topological polar surface area (TPSA) is 88.5 Å². The molecule has 3 aromatic rings. The van der Waals surface area contributed by atoms with Gasteiger partial charge < -0.3 is 19.9 Å². The fraction of sp³-hybridized carbons (Fsp3) is 0.286. The van der Waals surface area contributed by atoms with Gasteiger partial charge in [0.15, 0.2) is 12.4 Å². The van der Waals surface area contributed by atoms with Crippen LogP contribution in [-0.2, 0) is 11.3 Å². The van der Waals surface area contributed by atoms with Crippen LogP contribution in [0.15, 0.2) is 47.3 Å². The van der Waals surface area contributed by atoms with Crippen molar-refractivity contribution in [1.82, 2.24) is 9.97 Å². The number of benzene rings is 2. The summed E-state index contributed by atoms with van der Waals surface area (Å²) in [5.74, 6) is 1.07. The van der Waals surface area contributed by atoms with Gasteiger partial charge in [0.1, 0.15) is 12.3 Å². The molecule has 3 N–H and O–H groups in total. The zero-order valence-corrected chi connectivity index (χ0v) is 16.3. The molecular formula is C21H25N4O3+. The van der Waals surface area contributed by atoms with E-state index in [1.807, 2.05) is 50.2 Å². The molecular weight excluding hydrogens is 356 g/mol. The zero-order chi connectivity index (χ0) is 20.1. The van der Waals surface area contributed by atoms with Crippen LogP contribution in [0.5, 0.6) is 5.75 Å². The Labute approximate surface area is 163 Å². The summed E-state index contributed by atoms with van der Waals surface area (Å²) in [4.78, 5) is 33.1. The minimum atomic E-state index is -0.162. The third-order valence-corrected chi connectivity index (χ3v) is 4.62. The molecule has 28 heavy (non-hydrogen) atoms. The number of likely N-dealkylation sites (N-methyl/N-ethyl adjacent to an activating group) is 1. The van der Waals surface area contributed by atoms with Crippen molar-refractivity contribution in [1.29, 1.82) is 0 Å². The van der Waals surface area contributed by atoms with E-state index in [1.54, 1.807) is 13.2 Å². The number of carbonyl (C=O) groups is 1. The van der Waals surface area contributed by atoms with Gasteiger partial charge in [0.25, 0.3) is 11.5 Å². The van der Waals surface area contributed by atoms with Gasteiger partial charge in [0.05, 0.1) is 30.2 Å². The number of hydrogen-bond donors (Lipinski definition) is 3. The van der Waals surface area contributed by atoms with Crippen molar-refractivity contribution in [2.24, 2.45) is 0 Å². The van der Waals surface area contributed by atoms with Gasteiger partial charge in [0, 0.05) is 0 Å². The van der Waals surface area contributed by atoms with Crippen molar-refractivity contribution in [3.63, 3.8) is 0 Å². The minimum absolute atomic E-state index is 0.121. The molecule has 0 bridgehead atoms. The first kappa shape index (κ1) is 19.6. The Kier molecular flexibility index (Phi) is 6.06. The Bertz CT molecular complexity index is 1050. The molecule has 1 amide bonds. The van der Waals surface area contributed by atoms with E-state index in [4.69, 9.17) is 4.74 Å². The summed E-state index contributed by atoms with van der Waals surface area (Å²) in [6.45, 7) is 5.38. The lowest BCUT2D eigenvalue weighted by atomic mass is 10.2. The van der Waals surface area contributed by atoms with Crippen LogP contribution in [0.1, 0.15) is 18.3 Å². The molecule has 0 fully saturated rings. The number of methoxy groups -OCH3 is 1. The molecule has 3 rings (SSSR count). The number of ether oxygens (including phenoxy) is 1. The SMILES string of the molecule is CC[NH+](CC(=O)Nc1cc(C)ccc1OC)Cc1nc2ccccc2c(=O)[nH]1. The first-order valence-electron chi connectivity index (χ1n) is 9.26. The number of aromatic nitrogens is 2. The fourth-order valence-electron chi connectivity index (χ4n) is 3.11. The normalized spacial score (nSPS) is 12.0. The number of para-hydroxylation sites is 1. The van der Waals surface area contributed by atoms with Crippen LogP contribution in [0.4, 0.5) is 5.69 Å². The summed E-state index contributed by atoms with van der Waals surface area (Å²) in [5, 5.41) is 3.48. The molecule has 1 heterocycles. The third kappa shape index (κ3) is 4.55. The van der Waals surface area contributed by atoms with Crippen molar-refractivity contribution >= 4 is 22.5 Å². The number of aromatic amines is 1. The predicted octanol–water partition coefficient (Wildman–Crippen LogP) is 1.28. The second-order valence-corrected chi connectivity index (χ2v) is 6.74. The minimum Gasteiger partial charge on any atom is -0.495 e. The highest BCUT2D eigenvalue weighted by molar-refractivity contribution is 5.93. The number of anilines is 1. The van der Waals surface area contributed by atoms with E-state index in [-0.39, 0.29) is 18.0 Å². The van der Waals surface area contributed by atoms with Gasteiger partial charge >= 0.3 is 0 Å². The average Bonchev–Trinajstić information content (AvgIpc) is 2.67. The summed E-state index contributed by atoms with van der Waals surface area (Å²) in [7, 11) is 1.58. The highest BCUT2D eigenvalue weighted by atomic mass is 16.5. The van der Waals surface area contributed by atoms with Crippen molar-refractivity contribution in [3.8, 4) is 5.75 Å². The van der Waals surface area contributed by atoms with E-state index in [9.17, 15) is 9.59 Å². The van der Waals surface area contributed by atoms with Crippen LogP contribution in [0.2, 0.25) is 0 Å². The Morgan fingerprint density at radius 3 is 2.79 bits per heavy atom. The van der Waals surface area contributed by atoms with Gasteiger partial charge in [-0.05, 0) is 43.7 Å². The van der Waals surface area contributed by atoms with Gasteiger partial charge in [-0.1, -0.05) is 18.2 Å². The molecule has 2 aromatic carbocycles. The number of rotatable bonds is 7. The lowest BCUT2D eigenvalue weighted by Gasteiger charge is -2.17. The van der Waals surface area contributed by atoms with E-state index >= 15 is 0 Å². The Morgan fingerprint density at radius 1 is 1.25 bits per heavy atom. The van der Waals surface area contributed by atoms with Crippen molar-refractivity contribution in [3.05, 3.63) is 64.2 Å². The number of quaternary nitrogens is 1. The molecule has 0 aliphatic rings. The van der Waals surface area contributed by atoms with Crippen LogP contribution < -0.4 is 20.5 Å². The largest absolute Gasteiger partial charge is 0.495 e. The van der Waals surface area contributed by atoms with Crippen LogP contribution >= 0.6 is 0 Å². The first-order valence-corrected chi connectivity index (χ1v) is 9.26. The maximum Gasteiger partial charge on any atom is 0.279 e. The predicted molar refractivity (Wildman–Crippen MR) is 109 cm³/mol. The molecule has 7 nitrogen and oxygen atoms in total. The van der Waals surface area contributed by atoms with E-state index in [0.717, 1.165) is 17.0 Å². The number of hydrogen-bond acceptors (Lipinski definition) is 4. The summed E-state index contributed by atoms with van der Waals surface area (Å²) in [5.41, 5.74) is 2.18. The van der Waals surface area contributed by atoms with E-state index < -0.39 is 0 Å². The third-order valence-electron chi connectivity index (χ3n) is 4.62. The van der Waals surface area contributed by atoms with Crippen LogP contribution in [0, 0.1) is 6.92 Å². The molecule has 0 aliphatic carbocycles. The number of H-pyrrole nitrogens is 1. The van der Waals surface area contributed by atoms with Crippen molar-refractivity contribution < 1.29 is 14.4 Å². The maximum atomic E-state index is 12.6. The Morgan fingerprint density at radius 2 is 2.04 bits per heavy atom. The molecule has 1 unspecified atom stereocenters. The van der Waals surface area contributed by atoms with Gasteiger partial charge in [0.2, 0.25) is 0 Å².